The van der Waals surface area contributed by atoms with Crippen molar-refractivity contribution in [3.63, 3.8) is 0 Å². The molecule has 0 spiro atoms. The molecule has 0 aromatic heterocycles. The Morgan fingerprint density at radius 3 is 2.46 bits per heavy atom. The molecule has 2 amide bonds. The standard InChI is InChI=1S/C19H19Cl2N3O4/c1-12(19(26)22-2)23(11-13-7-8-15(20)16(21)9-13)18(25)10-14-5-3-4-6-17(14)24(27)28/h3-9,12H,10-11H2,1-2H3,(H,22,26)/t12-/m0/s1. The van der Waals surface area contributed by atoms with E-state index in [-0.39, 0.29) is 30.1 Å². The van der Waals surface area contributed by atoms with Crippen molar-refractivity contribution in [1.29, 1.82) is 0 Å². The minimum absolute atomic E-state index is 0.102. The molecule has 0 aliphatic rings. The molecular formula is C19H19Cl2N3O4. The number of hydrogen-bond donors (Lipinski definition) is 1. The van der Waals surface area contributed by atoms with Crippen molar-refractivity contribution in [1.82, 2.24) is 10.2 Å². The van der Waals surface area contributed by atoms with Crippen LogP contribution in [0.2, 0.25) is 10.0 Å². The van der Waals surface area contributed by atoms with Gasteiger partial charge in [0.15, 0.2) is 0 Å². The summed E-state index contributed by atoms with van der Waals surface area (Å²) in [6.07, 6.45) is -0.209. The van der Waals surface area contributed by atoms with E-state index in [9.17, 15) is 19.7 Å². The number of carbonyl (C=O) groups excluding carboxylic acids is 2. The van der Waals surface area contributed by atoms with Crippen LogP contribution in [0.1, 0.15) is 18.1 Å². The summed E-state index contributed by atoms with van der Waals surface area (Å²) in [6, 6.07) is 10.2. The third-order valence-corrected chi connectivity index (χ3v) is 5.02. The second-order valence-electron chi connectivity index (χ2n) is 6.12. The number of amides is 2. The van der Waals surface area contributed by atoms with Gasteiger partial charge in [-0.2, -0.15) is 0 Å². The molecule has 7 nitrogen and oxygen atoms in total. The van der Waals surface area contributed by atoms with Crippen LogP contribution in [-0.4, -0.2) is 34.7 Å². The zero-order valence-corrected chi connectivity index (χ0v) is 16.8. The van der Waals surface area contributed by atoms with Gasteiger partial charge >= 0.3 is 0 Å². The van der Waals surface area contributed by atoms with Crippen LogP contribution in [0.15, 0.2) is 42.5 Å². The van der Waals surface area contributed by atoms with Crippen molar-refractivity contribution in [3.05, 3.63) is 73.8 Å². The number of nitro groups is 1. The summed E-state index contributed by atoms with van der Waals surface area (Å²) < 4.78 is 0. The van der Waals surface area contributed by atoms with Gasteiger partial charge in [-0.1, -0.05) is 47.5 Å². The number of benzene rings is 2. The first-order chi connectivity index (χ1) is 13.2. The summed E-state index contributed by atoms with van der Waals surface area (Å²) >= 11 is 12.0. The van der Waals surface area contributed by atoms with Crippen molar-refractivity contribution in [2.75, 3.05) is 7.05 Å². The van der Waals surface area contributed by atoms with Crippen LogP contribution in [0.25, 0.3) is 0 Å². The summed E-state index contributed by atoms with van der Waals surface area (Å²) in [5.41, 5.74) is 0.819. The van der Waals surface area contributed by atoms with Crippen LogP contribution in [0.4, 0.5) is 5.69 Å². The van der Waals surface area contributed by atoms with Gasteiger partial charge in [0.05, 0.1) is 21.4 Å². The van der Waals surface area contributed by atoms with E-state index < -0.39 is 16.9 Å². The van der Waals surface area contributed by atoms with Gasteiger partial charge in [-0.25, -0.2) is 0 Å². The zero-order chi connectivity index (χ0) is 20.8. The summed E-state index contributed by atoms with van der Waals surface area (Å²) in [6.45, 7) is 1.69. The quantitative estimate of drug-likeness (QED) is 0.543. The lowest BCUT2D eigenvalue weighted by molar-refractivity contribution is -0.385. The van der Waals surface area contributed by atoms with Gasteiger partial charge in [0.25, 0.3) is 5.69 Å². The van der Waals surface area contributed by atoms with Gasteiger partial charge in [-0.15, -0.1) is 0 Å². The highest BCUT2D eigenvalue weighted by molar-refractivity contribution is 6.42. The Kier molecular flexibility index (Phi) is 7.37. The molecule has 0 radical (unpaired) electrons. The highest BCUT2D eigenvalue weighted by Crippen LogP contribution is 2.24. The molecular weight excluding hydrogens is 405 g/mol. The number of halogens is 2. The van der Waals surface area contributed by atoms with E-state index in [4.69, 9.17) is 23.2 Å². The highest BCUT2D eigenvalue weighted by Gasteiger charge is 2.27. The van der Waals surface area contributed by atoms with E-state index in [1.807, 2.05) is 0 Å². The van der Waals surface area contributed by atoms with Gasteiger partial charge in [-0.05, 0) is 24.6 Å². The molecule has 0 aliphatic heterocycles. The molecule has 2 aromatic rings. The zero-order valence-electron chi connectivity index (χ0n) is 15.3. The molecule has 2 aromatic carbocycles. The molecule has 0 saturated heterocycles. The fraction of sp³-hybridized carbons (Fsp3) is 0.263. The van der Waals surface area contributed by atoms with Crippen LogP contribution in [-0.2, 0) is 22.6 Å². The second-order valence-corrected chi connectivity index (χ2v) is 6.94. The SMILES string of the molecule is CNC(=O)[C@H](C)N(Cc1ccc(Cl)c(Cl)c1)C(=O)Cc1ccccc1[N+](=O)[O-]. The lowest BCUT2D eigenvalue weighted by Gasteiger charge is -2.28. The summed E-state index contributed by atoms with van der Waals surface area (Å²) in [7, 11) is 1.47. The Bertz CT molecular complexity index is 904. The van der Waals surface area contributed by atoms with Crippen molar-refractivity contribution in [2.45, 2.75) is 25.9 Å². The van der Waals surface area contributed by atoms with Gasteiger partial charge in [0.2, 0.25) is 11.8 Å². The Hall–Kier alpha value is -2.64. The topological polar surface area (TPSA) is 92.6 Å². The van der Waals surface area contributed by atoms with Crippen LogP contribution in [0.5, 0.6) is 0 Å². The number of carbonyl (C=O) groups is 2. The molecule has 0 aliphatic carbocycles. The van der Waals surface area contributed by atoms with Crippen LogP contribution >= 0.6 is 23.2 Å². The number of nitro benzene ring substituents is 1. The molecule has 0 saturated carbocycles. The number of hydrogen-bond acceptors (Lipinski definition) is 4. The first kappa shape index (κ1) is 21.7. The van der Waals surface area contributed by atoms with Crippen LogP contribution in [0.3, 0.4) is 0 Å². The maximum atomic E-state index is 13.0. The van der Waals surface area contributed by atoms with Gasteiger partial charge in [0.1, 0.15) is 6.04 Å². The monoisotopic (exact) mass is 423 g/mol. The largest absolute Gasteiger partial charge is 0.357 e. The minimum atomic E-state index is -0.783. The van der Waals surface area contributed by atoms with Gasteiger partial charge in [0, 0.05) is 25.2 Å². The third kappa shape index (κ3) is 5.21. The third-order valence-electron chi connectivity index (χ3n) is 4.28. The Morgan fingerprint density at radius 2 is 1.86 bits per heavy atom. The summed E-state index contributed by atoms with van der Waals surface area (Å²) in [5.74, 6) is -0.771. The number of para-hydroxylation sites is 1. The smallest absolute Gasteiger partial charge is 0.273 e. The highest BCUT2D eigenvalue weighted by atomic mass is 35.5. The first-order valence-electron chi connectivity index (χ1n) is 8.42. The van der Waals surface area contributed by atoms with Crippen molar-refractivity contribution in [3.8, 4) is 0 Å². The predicted molar refractivity (Wildman–Crippen MR) is 107 cm³/mol. The Balaban J connectivity index is 2.33. The normalized spacial score (nSPS) is 11.6. The van der Waals surface area contributed by atoms with Crippen LogP contribution in [0, 0.1) is 10.1 Å². The molecule has 2 rings (SSSR count). The van der Waals surface area contributed by atoms with Crippen LogP contribution < -0.4 is 5.32 Å². The lowest BCUT2D eigenvalue weighted by atomic mass is 10.1. The fourth-order valence-electron chi connectivity index (χ4n) is 2.73. The van der Waals surface area contributed by atoms with E-state index >= 15 is 0 Å². The molecule has 1 N–H and O–H groups in total. The minimum Gasteiger partial charge on any atom is -0.357 e. The molecule has 9 heteroatoms. The molecule has 0 bridgehead atoms. The molecule has 28 heavy (non-hydrogen) atoms. The number of nitrogens with one attached hydrogen (secondary N) is 1. The maximum absolute atomic E-state index is 13.0. The number of rotatable bonds is 7. The number of nitrogens with zero attached hydrogens (tertiary/aromatic N) is 2. The molecule has 1 atom stereocenters. The van der Waals surface area contributed by atoms with Crippen molar-refractivity contribution >= 4 is 40.7 Å². The van der Waals surface area contributed by atoms with E-state index in [1.165, 1.54) is 30.1 Å². The lowest BCUT2D eigenvalue weighted by Crippen LogP contribution is -2.47. The van der Waals surface area contributed by atoms with Gasteiger partial charge in [-0.3, -0.25) is 19.7 Å². The predicted octanol–water partition coefficient (Wildman–Crippen LogP) is 3.61. The van der Waals surface area contributed by atoms with E-state index in [0.717, 1.165) is 0 Å². The molecule has 0 unspecified atom stereocenters. The Labute approximate surface area is 172 Å². The van der Waals surface area contributed by atoms with E-state index in [2.05, 4.69) is 5.32 Å². The number of likely N-dealkylation sites (N-methyl/N-ethyl adjacent to an activating group) is 1. The van der Waals surface area contributed by atoms with Crippen molar-refractivity contribution < 1.29 is 14.5 Å². The summed E-state index contributed by atoms with van der Waals surface area (Å²) in [4.78, 5) is 37.1. The first-order valence-corrected chi connectivity index (χ1v) is 9.17. The summed E-state index contributed by atoms with van der Waals surface area (Å²) in [5, 5.41) is 14.4. The van der Waals surface area contributed by atoms with Crippen molar-refractivity contribution in [2.24, 2.45) is 0 Å². The maximum Gasteiger partial charge on any atom is 0.273 e. The average molecular weight is 424 g/mol. The fourth-order valence-corrected chi connectivity index (χ4v) is 3.05. The van der Waals surface area contributed by atoms with E-state index in [1.54, 1.807) is 31.2 Å². The van der Waals surface area contributed by atoms with E-state index in [0.29, 0.717) is 15.6 Å². The molecule has 0 fully saturated rings. The Morgan fingerprint density at radius 1 is 1.18 bits per heavy atom. The molecule has 0 heterocycles. The average Bonchev–Trinajstić information content (AvgIpc) is 2.67. The second kappa shape index (κ2) is 9.52. The van der Waals surface area contributed by atoms with Gasteiger partial charge < -0.3 is 10.2 Å². The molecule has 148 valence electrons.